The van der Waals surface area contributed by atoms with Gasteiger partial charge in [-0.3, -0.25) is 4.79 Å². The number of carbonyl (C=O) groups is 1. The maximum atomic E-state index is 12.5. The van der Waals surface area contributed by atoms with E-state index >= 15 is 0 Å². The molecule has 2 heterocycles. The Balaban J connectivity index is 1.49. The minimum atomic E-state index is -0.104. The van der Waals surface area contributed by atoms with Crippen LogP contribution in [0.25, 0.3) is 11.4 Å². The van der Waals surface area contributed by atoms with Gasteiger partial charge in [-0.2, -0.15) is 4.98 Å². The number of likely N-dealkylation sites (tertiary alicyclic amines) is 1. The van der Waals surface area contributed by atoms with Gasteiger partial charge in [0.25, 0.3) is 0 Å². The van der Waals surface area contributed by atoms with E-state index in [2.05, 4.69) is 29.2 Å². The van der Waals surface area contributed by atoms with Crippen molar-refractivity contribution in [2.24, 2.45) is 0 Å². The van der Waals surface area contributed by atoms with Crippen molar-refractivity contribution in [3.8, 4) is 22.9 Å². The topological polar surface area (TPSA) is 77.7 Å². The van der Waals surface area contributed by atoms with E-state index in [4.69, 9.17) is 14.0 Å². The zero-order valence-electron chi connectivity index (χ0n) is 17.4. The fourth-order valence-corrected chi connectivity index (χ4v) is 3.68. The number of amides is 1. The molecule has 0 radical (unpaired) electrons. The van der Waals surface area contributed by atoms with Gasteiger partial charge in [0.15, 0.2) is 11.5 Å². The molecule has 0 saturated carbocycles. The van der Waals surface area contributed by atoms with Crippen molar-refractivity contribution >= 4 is 5.91 Å². The summed E-state index contributed by atoms with van der Waals surface area (Å²) in [5.74, 6) is 2.23. The Labute approximate surface area is 175 Å². The molecule has 1 amide bonds. The molecular weight excluding hydrogens is 382 g/mol. The third-order valence-electron chi connectivity index (χ3n) is 5.35. The van der Waals surface area contributed by atoms with Crippen LogP contribution in [-0.4, -0.2) is 41.2 Å². The second kappa shape index (κ2) is 8.57. The number of aromatic nitrogens is 2. The first-order valence-corrected chi connectivity index (χ1v) is 10.1. The van der Waals surface area contributed by atoms with Gasteiger partial charge >= 0.3 is 0 Å². The van der Waals surface area contributed by atoms with Gasteiger partial charge in [0, 0.05) is 25.1 Å². The molecule has 7 heteroatoms. The summed E-state index contributed by atoms with van der Waals surface area (Å²) in [6.45, 7) is 5.70. The number of hydrogen-bond donors (Lipinski definition) is 0. The van der Waals surface area contributed by atoms with Gasteiger partial charge in [0.05, 0.1) is 19.6 Å². The standard InChI is InChI=1S/C23H25N3O4/c1-4-29-19-10-9-16(11-20(19)28-3)22-24-23(30-25-22)18-12-21(27)26(14-18)13-17-8-6-5-7-15(17)2/h5-11,18H,4,12-14H2,1-3H3. The van der Waals surface area contributed by atoms with Crippen LogP contribution in [-0.2, 0) is 11.3 Å². The van der Waals surface area contributed by atoms with Crippen molar-refractivity contribution in [1.82, 2.24) is 15.0 Å². The number of hydrogen-bond acceptors (Lipinski definition) is 6. The van der Waals surface area contributed by atoms with Gasteiger partial charge in [-0.05, 0) is 43.2 Å². The molecule has 1 fully saturated rings. The van der Waals surface area contributed by atoms with E-state index in [1.807, 2.05) is 42.2 Å². The van der Waals surface area contributed by atoms with Crippen LogP contribution in [0.2, 0.25) is 0 Å². The van der Waals surface area contributed by atoms with Crippen LogP contribution in [0.1, 0.15) is 36.3 Å². The Morgan fingerprint density at radius 3 is 2.80 bits per heavy atom. The monoisotopic (exact) mass is 407 g/mol. The fourth-order valence-electron chi connectivity index (χ4n) is 3.68. The summed E-state index contributed by atoms with van der Waals surface area (Å²) in [5, 5.41) is 4.12. The van der Waals surface area contributed by atoms with Gasteiger partial charge in [-0.25, -0.2) is 0 Å². The van der Waals surface area contributed by atoms with Gasteiger partial charge in [0.2, 0.25) is 17.6 Å². The van der Waals surface area contributed by atoms with E-state index < -0.39 is 0 Å². The number of benzene rings is 2. The molecule has 156 valence electrons. The SMILES string of the molecule is CCOc1ccc(-c2noc(C3CC(=O)N(Cc4ccccc4C)C3)n2)cc1OC. The van der Waals surface area contributed by atoms with Crippen LogP contribution in [0.5, 0.6) is 11.5 Å². The number of methoxy groups -OCH3 is 1. The Morgan fingerprint density at radius 1 is 1.20 bits per heavy atom. The van der Waals surface area contributed by atoms with Crippen LogP contribution in [0.4, 0.5) is 0 Å². The van der Waals surface area contributed by atoms with Crippen LogP contribution in [0, 0.1) is 6.92 Å². The third-order valence-corrected chi connectivity index (χ3v) is 5.35. The van der Waals surface area contributed by atoms with Gasteiger partial charge in [0.1, 0.15) is 0 Å². The van der Waals surface area contributed by atoms with E-state index in [0.29, 0.717) is 49.3 Å². The maximum absolute atomic E-state index is 12.5. The van der Waals surface area contributed by atoms with E-state index in [1.54, 1.807) is 7.11 Å². The minimum absolute atomic E-state index is 0.103. The van der Waals surface area contributed by atoms with Crippen LogP contribution in [0.15, 0.2) is 47.0 Å². The molecule has 1 aliphatic rings. The molecule has 0 aliphatic carbocycles. The van der Waals surface area contributed by atoms with Crippen LogP contribution in [0.3, 0.4) is 0 Å². The summed E-state index contributed by atoms with van der Waals surface area (Å²) >= 11 is 0. The van der Waals surface area contributed by atoms with Crippen molar-refractivity contribution in [3.05, 3.63) is 59.5 Å². The first-order chi connectivity index (χ1) is 14.6. The van der Waals surface area contributed by atoms with Crippen molar-refractivity contribution in [2.75, 3.05) is 20.3 Å². The molecule has 1 atom stereocenters. The van der Waals surface area contributed by atoms with E-state index in [-0.39, 0.29) is 11.8 Å². The lowest BCUT2D eigenvalue weighted by atomic mass is 10.1. The molecule has 1 aromatic heterocycles. The first kappa shape index (κ1) is 19.9. The first-order valence-electron chi connectivity index (χ1n) is 10.1. The van der Waals surface area contributed by atoms with E-state index in [1.165, 1.54) is 5.56 Å². The lowest BCUT2D eigenvalue weighted by Gasteiger charge is -2.17. The Hall–Kier alpha value is -3.35. The lowest BCUT2D eigenvalue weighted by molar-refractivity contribution is -0.128. The predicted molar refractivity (Wildman–Crippen MR) is 111 cm³/mol. The molecule has 1 unspecified atom stereocenters. The number of carbonyl (C=O) groups excluding carboxylic acids is 1. The predicted octanol–water partition coefficient (Wildman–Crippen LogP) is 3.97. The Bertz CT molecular complexity index is 1050. The number of nitrogens with zero attached hydrogens (tertiary/aromatic N) is 3. The Morgan fingerprint density at radius 2 is 2.03 bits per heavy atom. The summed E-state index contributed by atoms with van der Waals surface area (Å²) < 4.78 is 16.5. The smallest absolute Gasteiger partial charge is 0.232 e. The zero-order valence-corrected chi connectivity index (χ0v) is 17.4. The largest absolute Gasteiger partial charge is 0.493 e. The molecule has 30 heavy (non-hydrogen) atoms. The quantitative estimate of drug-likeness (QED) is 0.590. The second-order valence-corrected chi connectivity index (χ2v) is 7.36. The van der Waals surface area contributed by atoms with Crippen molar-refractivity contribution in [2.45, 2.75) is 32.7 Å². The van der Waals surface area contributed by atoms with Crippen LogP contribution >= 0.6 is 0 Å². The van der Waals surface area contributed by atoms with Crippen molar-refractivity contribution < 1.29 is 18.8 Å². The minimum Gasteiger partial charge on any atom is -0.493 e. The molecule has 2 aromatic carbocycles. The zero-order chi connectivity index (χ0) is 21.1. The van der Waals surface area contributed by atoms with Gasteiger partial charge < -0.3 is 18.9 Å². The average Bonchev–Trinajstić information content (AvgIpc) is 3.37. The highest BCUT2D eigenvalue weighted by atomic mass is 16.5. The van der Waals surface area contributed by atoms with E-state index in [9.17, 15) is 4.79 Å². The molecule has 3 aromatic rings. The number of ether oxygens (including phenoxy) is 2. The van der Waals surface area contributed by atoms with Gasteiger partial charge in [-0.1, -0.05) is 29.4 Å². The molecule has 7 nitrogen and oxygen atoms in total. The number of aryl methyl sites for hydroxylation is 1. The average molecular weight is 407 g/mol. The normalized spacial score (nSPS) is 16.2. The number of rotatable bonds is 7. The molecule has 1 aliphatic heterocycles. The summed E-state index contributed by atoms with van der Waals surface area (Å²) in [6, 6.07) is 13.6. The van der Waals surface area contributed by atoms with Crippen molar-refractivity contribution in [3.63, 3.8) is 0 Å². The lowest BCUT2D eigenvalue weighted by Crippen LogP contribution is -2.24. The molecule has 0 bridgehead atoms. The van der Waals surface area contributed by atoms with Crippen LogP contribution < -0.4 is 9.47 Å². The molecule has 1 saturated heterocycles. The summed E-state index contributed by atoms with van der Waals surface area (Å²) in [7, 11) is 1.59. The fraction of sp³-hybridized carbons (Fsp3) is 0.348. The van der Waals surface area contributed by atoms with Crippen molar-refractivity contribution in [1.29, 1.82) is 0 Å². The maximum Gasteiger partial charge on any atom is 0.232 e. The highest BCUT2D eigenvalue weighted by molar-refractivity contribution is 5.79. The summed E-state index contributed by atoms with van der Waals surface area (Å²) in [5.41, 5.74) is 3.10. The molecule has 0 N–H and O–H groups in total. The molecule has 0 spiro atoms. The molecule has 4 rings (SSSR count). The van der Waals surface area contributed by atoms with Gasteiger partial charge in [-0.15, -0.1) is 0 Å². The third kappa shape index (κ3) is 4.01. The Kier molecular flexibility index (Phi) is 5.70. The van der Waals surface area contributed by atoms with E-state index in [0.717, 1.165) is 11.1 Å². The highest BCUT2D eigenvalue weighted by Gasteiger charge is 2.34. The molecular formula is C23H25N3O4. The summed E-state index contributed by atoms with van der Waals surface area (Å²) in [6.07, 6.45) is 0.375. The highest BCUT2D eigenvalue weighted by Crippen LogP contribution is 2.33. The second-order valence-electron chi connectivity index (χ2n) is 7.36. The summed E-state index contributed by atoms with van der Waals surface area (Å²) in [4.78, 5) is 19.0.